The lowest BCUT2D eigenvalue weighted by Gasteiger charge is -2.18. The number of anilines is 1. The summed E-state index contributed by atoms with van der Waals surface area (Å²) in [6.07, 6.45) is 0.211. The van der Waals surface area contributed by atoms with E-state index in [1.165, 1.54) is 12.1 Å². The number of nitrogens with one attached hydrogen (secondary N) is 3. The molecule has 0 aliphatic rings. The Morgan fingerprint density at radius 1 is 1.06 bits per heavy atom. The molecule has 1 unspecified atom stereocenters. The third kappa shape index (κ3) is 7.35. The van der Waals surface area contributed by atoms with Gasteiger partial charge < -0.3 is 15.4 Å². The average Bonchev–Trinajstić information content (AvgIpc) is 3.27. The van der Waals surface area contributed by atoms with E-state index >= 15 is 0 Å². The van der Waals surface area contributed by atoms with Gasteiger partial charge >= 0.3 is 12.0 Å². The Labute approximate surface area is 193 Å². The molecule has 1 aromatic heterocycles. The first-order valence-electron chi connectivity index (χ1n) is 10.1. The predicted molar refractivity (Wildman–Crippen MR) is 121 cm³/mol. The summed E-state index contributed by atoms with van der Waals surface area (Å²) in [6.45, 7) is 1.53. The number of urea groups is 1. The van der Waals surface area contributed by atoms with Gasteiger partial charge in [0.05, 0.1) is 6.61 Å². The molecule has 1 atom stereocenters. The van der Waals surface area contributed by atoms with Crippen LogP contribution in [0.5, 0.6) is 0 Å². The Kier molecular flexibility index (Phi) is 8.42. The number of halogens is 1. The monoisotopic (exact) mass is 471 g/mol. The highest BCUT2D eigenvalue weighted by Crippen LogP contribution is 2.26. The second-order valence-electron chi connectivity index (χ2n) is 6.78. The van der Waals surface area contributed by atoms with Crippen LogP contribution in [0.15, 0.2) is 54.6 Å². The Morgan fingerprint density at radius 2 is 1.79 bits per heavy atom. The normalized spacial score (nSPS) is 11.3. The number of benzene rings is 2. The molecule has 0 saturated heterocycles. The minimum absolute atomic E-state index is 0.197. The summed E-state index contributed by atoms with van der Waals surface area (Å²) in [6, 6.07) is 13.3. The van der Waals surface area contributed by atoms with E-state index in [0.29, 0.717) is 10.6 Å². The number of aromatic nitrogens is 2. The Morgan fingerprint density at radius 3 is 2.48 bits per heavy atom. The number of nitrogens with zero attached hydrogens (tertiary/aromatic N) is 2. The Balaban J connectivity index is 1.67. The maximum absolute atomic E-state index is 13.1. The molecule has 0 spiro atoms. The SMILES string of the molecule is CCOC(=O)CNC(=O)NC(Cc1ccccc1)C(=O)Nc1nnc(-c2ccc(F)cc2)s1. The van der Waals surface area contributed by atoms with Gasteiger partial charge in [-0.2, -0.15) is 0 Å². The van der Waals surface area contributed by atoms with Gasteiger partial charge in [-0.15, -0.1) is 10.2 Å². The third-order valence-corrected chi connectivity index (χ3v) is 5.24. The molecule has 0 aliphatic carbocycles. The fourth-order valence-electron chi connectivity index (χ4n) is 2.81. The molecule has 33 heavy (non-hydrogen) atoms. The second kappa shape index (κ2) is 11.7. The van der Waals surface area contributed by atoms with Crippen LogP contribution in [0.3, 0.4) is 0 Å². The third-order valence-electron chi connectivity index (χ3n) is 4.35. The largest absolute Gasteiger partial charge is 0.465 e. The molecule has 11 heteroatoms. The van der Waals surface area contributed by atoms with Crippen molar-refractivity contribution in [2.24, 2.45) is 0 Å². The summed E-state index contributed by atoms with van der Waals surface area (Å²) in [5.41, 5.74) is 1.49. The standard InChI is InChI=1S/C22H22FN5O4S/c1-2-32-18(29)13-24-21(31)25-17(12-14-6-4-3-5-7-14)19(30)26-22-28-27-20(33-22)15-8-10-16(23)11-9-15/h3-11,17H,2,12-13H2,1H3,(H2,24,25,31)(H,26,28,30). The fourth-order valence-corrected chi connectivity index (χ4v) is 3.56. The zero-order chi connectivity index (χ0) is 23.6. The predicted octanol–water partition coefficient (Wildman–Crippen LogP) is 2.76. The summed E-state index contributed by atoms with van der Waals surface area (Å²) in [7, 11) is 0. The molecule has 3 rings (SSSR count). The molecule has 3 amide bonds. The number of carbonyl (C=O) groups excluding carboxylic acids is 3. The highest BCUT2D eigenvalue weighted by Gasteiger charge is 2.23. The summed E-state index contributed by atoms with van der Waals surface area (Å²) in [5.74, 6) is -1.46. The number of ether oxygens (including phenoxy) is 1. The lowest BCUT2D eigenvalue weighted by Crippen LogP contribution is -2.50. The van der Waals surface area contributed by atoms with Gasteiger partial charge in [-0.3, -0.25) is 14.9 Å². The van der Waals surface area contributed by atoms with Gasteiger partial charge in [0.1, 0.15) is 23.4 Å². The molecule has 0 radical (unpaired) electrons. The summed E-state index contributed by atoms with van der Waals surface area (Å²) in [4.78, 5) is 36.6. The molecule has 0 fully saturated rings. The number of carbonyl (C=O) groups is 3. The summed E-state index contributed by atoms with van der Waals surface area (Å²) < 4.78 is 17.9. The van der Waals surface area contributed by atoms with Crippen LogP contribution >= 0.6 is 11.3 Å². The van der Waals surface area contributed by atoms with Gasteiger partial charge in [-0.05, 0) is 36.8 Å². The van der Waals surface area contributed by atoms with Crippen LogP contribution in [-0.4, -0.2) is 47.3 Å². The fraction of sp³-hybridized carbons (Fsp3) is 0.227. The molecule has 0 aliphatic heterocycles. The van der Waals surface area contributed by atoms with E-state index in [0.717, 1.165) is 16.9 Å². The van der Waals surface area contributed by atoms with Crippen molar-refractivity contribution < 1.29 is 23.5 Å². The molecular formula is C22H22FN5O4S. The molecule has 0 saturated carbocycles. The van der Waals surface area contributed by atoms with Crippen molar-refractivity contribution in [3.63, 3.8) is 0 Å². The molecule has 9 nitrogen and oxygen atoms in total. The molecule has 172 valence electrons. The smallest absolute Gasteiger partial charge is 0.325 e. The van der Waals surface area contributed by atoms with E-state index in [1.807, 2.05) is 30.3 Å². The Hall–Kier alpha value is -3.86. The maximum Gasteiger partial charge on any atom is 0.325 e. The highest BCUT2D eigenvalue weighted by atomic mass is 32.1. The maximum atomic E-state index is 13.1. The van der Waals surface area contributed by atoms with Crippen molar-refractivity contribution in [1.29, 1.82) is 0 Å². The van der Waals surface area contributed by atoms with E-state index in [4.69, 9.17) is 4.74 Å². The second-order valence-corrected chi connectivity index (χ2v) is 7.76. The quantitative estimate of drug-likeness (QED) is 0.413. The summed E-state index contributed by atoms with van der Waals surface area (Å²) in [5, 5.41) is 16.3. The zero-order valence-corrected chi connectivity index (χ0v) is 18.5. The molecule has 3 N–H and O–H groups in total. The van der Waals surface area contributed by atoms with E-state index in [1.54, 1.807) is 19.1 Å². The molecule has 3 aromatic rings. The number of esters is 1. The van der Waals surface area contributed by atoms with E-state index in [9.17, 15) is 18.8 Å². The average molecular weight is 472 g/mol. The van der Waals surface area contributed by atoms with Crippen molar-refractivity contribution in [3.8, 4) is 10.6 Å². The van der Waals surface area contributed by atoms with Crippen LogP contribution in [0.1, 0.15) is 12.5 Å². The topological polar surface area (TPSA) is 122 Å². The van der Waals surface area contributed by atoms with Crippen LogP contribution in [0.4, 0.5) is 14.3 Å². The Bertz CT molecular complexity index is 1090. The van der Waals surface area contributed by atoms with Crippen LogP contribution in [0.25, 0.3) is 10.6 Å². The van der Waals surface area contributed by atoms with Crippen molar-refractivity contribution in [2.75, 3.05) is 18.5 Å². The van der Waals surface area contributed by atoms with Gasteiger partial charge in [-0.25, -0.2) is 9.18 Å². The highest BCUT2D eigenvalue weighted by molar-refractivity contribution is 7.18. The van der Waals surface area contributed by atoms with Gasteiger partial charge in [-0.1, -0.05) is 41.7 Å². The summed E-state index contributed by atoms with van der Waals surface area (Å²) >= 11 is 1.12. The first-order valence-corrected chi connectivity index (χ1v) is 10.9. The number of amides is 3. The minimum Gasteiger partial charge on any atom is -0.465 e. The lowest BCUT2D eigenvalue weighted by molar-refractivity contribution is -0.141. The van der Waals surface area contributed by atoms with E-state index in [-0.39, 0.29) is 30.5 Å². The first-order chi connectivity index (χ1) is 15.9. The van der Waals surface area contributed by atoms with Gasteiger partial charge in [0.25, 0.3) is 0 Å². The number of hydrogen-bond acceptors (Lipinski definition) is 7. The van der Waals surface area contributed by atoms with Crippen molar-refractivity contribution >= 4 is 34.4 Å². The van der Waals surface area contributed by atoms with Crippen molar-refractivity contribution in [2.45, 2.75) is 19.4 Å². The van der Waals surface area contributed by atoms with Crippen LogP contribution in [-0.2, 0) is 20.7 Å². The zero-order valence-electron chi connectivity index (χ0n) is 17.7. The molecular weight excluding hydrogens is 449 g/mol. The van der Waals surface area contributed by atoms with E-state index in [2.05, 4.69) is 26.1 Å². The molecule has 2 aromatic carbocycles. The van der Waals surface area contributed by atoms with Crippen LogP contribution in [0.2, 0.25) is 0 Å². The van der Waals surface area contributed by atoms with Gasteiger partial charge in [0.2, 0.25) is 11.0 Å². The van der Waals surface area contributed by atoms with Crippen LogP contribution < -0.4 is 16.0 Å². The van der Waals surface area contributed by atoms with Gasteiger partial charge in [0.15, 0.2) is 0 Å². The lowest BCUT2D eigenvalue weighted by atomic mass is 10.1. The van der Waals surface area contributed by atoms with Crippen LogP contribution in [0, 0.1) is 5.82 Å². The molecule has 1 heterocycles. The van der Waals surface area contributed by atoms with E-state index < -0.39 is 23.9 Å². The van der Waals surface area contributed by atoms with Crippen molar-refractivity contribution in [3.05, 3.63) is 66.0 Å². The molecule has 0 bridgehead atoms. The number of rotatable bonds is 9. The minimum atomic E-state index is -0.951. The first kappa shape index (κ1) is 23.8. The van der Waals surface area contributed by atoms with Crippen molar-refractivity contribution in [1.82, 2.24) is 20.8 Å². The number of hydrogen-bond donors (Lipinski definition) is 3. The van der Waals surface area contributed by atoms with Gasteiger partial charge in [0, 0.05) is 12.0 Å².